The number of nitrogens with two attached hydrogens (primary N) is 1. The van der Waals surface area contributed by atoms with Crippen molar-refractivity contribution >= 4 is 28.3 Å². The molecule has 0 radical (unpaired) electrons. The lowest BCUT2D eigenvalue weighted by molar-refractivity contribution is -0.141. The van der Waals surface area contributed by atoms with E-state index in [1.807, 2.05) is 0 Å². The number of nitrogens with zero attached hydrogens (tertiary/aromatic N) is 5. The number of carbonyl (C=O) groups is 1. The summed E-state index contributed by atoms with van der Waals surface area (Å²) in [6.07, 6.45) is 1.45. The molecule has 1 aliphatic carbocycles. The van der Waals surface area contributed by atoms with E-state index in [1.54, 1.807) is 40.0 Å². The summed E-state index contributed by atoms with van der Waals surface area (Å²) in [7, 11) is 0. The van der Waals surface area contributed by atoms with Gasteiger partial charge in [-0.2, -0.15) is 13.2 Å². The molecule has 0 saturated heterocycles. The predicted octanol–water partition coefficient (Wildman–Crippen LogP) is 3.62. The molecule has 0 spiro atoms. The molecule has 1 fully saturated rings. The first-order valence-electron chi connectivity index (χ1n) is 10.3. The largest absolute Gasteiger partial charge is 0.491 e. The number of nitrogen functional groups attached to an aromatic ring is 1. The molecule has 33 heavy (non-hydrogen) atoms. The molecule has 2 aliphatic rings. The molecule has 6 rings (SSSR count). The highest BCUT2D eigenvalue weighted by atomic mass is 19.4. The number of rotatable bonds is 3. The van der Waals surface area contributed by atoms with Crippen LogP contribution in [0.5, 0.6) is 5.75 Å². The molecule has 1 amide bonds. The van der Waals surface area contributed by atoms with Crippen molar-refractivity contribution in [1.29, 1.82) is 0 Å². The predicted molar refractivity (Wildman–Crippen MR) is 112 cm³/mol. The summed E-state index contributed by atoms with van der Waals surface area (Å²) in [5.74, 6) is 0.217. The van der Waals surface area contributed by atoms with Crippen LogP contribution in [0.25, 0.3) is 16.6 Å². The molecule has 4 aromatic rings. The van der Waals surface area contributed by atoms with Gasteiger partial charge < -0.3 is 15.4 Å². The van der Waals surface area contributed by atoms with E-state index in [4.69, 9.17) is 10.5 Å². The number of aromatic nitrogens is 4. The standard InChI is InChI=1S/C22H17F3N6O2/c23-22(24,25)19-6-18-13(7-28-19)17(9-33-18)31(12-2-3-12)21(32)11-1-4-14-15(5-11)30-10-27-8-16(30)20(26)29-14/h1,4-8,10,12,17H,2-3,9H2,(H2,26,29)/t17-/m1/s1. The van der Waals surface area contributed by atoms with Crippen LogP contribution in [0.2, 0.25) is 0 Å². The van der Waals surface area contributed by atoms with E-state index in [-0.39, 0.29) is 24.3 Å². The summed E-state index contributed by atoms with van der Waals surface area (Å²) < 4.78 is 46.4. The lowest BCUT2D eigenvalue weighted by Crippen LogP contribution is -2.37. The van der Waals surface area contributed by atoms with Gasteiger partial charge in [-0.25, -0.2) is 9.97 Å². The lowest BCUT2D eigenvalue weighted by atomic mass is 10.1. The minimum atomic E-state index is -4.57. The molecule has 1 aromatic carbocycles. The zero-order valence-corrected chi connectivity index (χ0v) is 17.1. The topological polar surface area (TPSA) is 98.6 Å². The van der Waals surface area contributed by atoms with Crippen molar-refractivity contribution in [2.75, 3.05) is 12.3 Å². The van der Waals surface area contributed by atoms with Crippen molar-refractivity contribution in [1.82, 2.24) is 24.3 Å². The molecule has 4 heterocycles. The van der Waals surface area contributed by atoms with Gasteiger partial charge in [0.15, 0.2) is 0 Å². The molecule has 11 heteroatoms. The normalized spacial score (nSPS) is 17.8. The Bertz CT molecular complexity index is 1430. The molecule has 0 unspecified atom stereocenters. The number of ether oxygens (including phenoxy) is 1. The molecule has 168 valence electrons. The van der Waals surface area contributed by atoms with Gasteiger partial charge in [0.1, 0.15) is 29.4 Å². The average molecular weight is 454 g/mol. The fraction of sp³-hybridized carbons (Fsp3) is 0.273. The summed E-state index contributed by atoms with van der Waals surface area (Å²) in [5.41, 5.74) is 7.82. The first-order valence-corrected chi connectivity index (χ1v) is 10.3. The quantitative estimate of drug-likeness (QED) is 0.508. The fourth-order valence-corrected chi connectivity index (χ4v) is 4.34. The van der Waals surface area contributed by atoms with Gasteiger partial charge in [-0.05, 0) is 31.0 Å². The van der Waals surface area contributed by atoms with E-state index < -0.39 is 17.9 Å². The Morgan fingerprint density at radius 3 is 2.76 bits per heavy atom. The van der Waals surface area contributed by atoms with Crippen LogP contribution in [0.4, 0.5) is 19.0 Å². The zero-order valence-electron chi connectivity index (χ0n) is 17.1. The molecule has 8 nitrogen and oxygen atoms in total. The highest BCUT2D eigenvalue weighted by Gasteiger charge is 2.43. The first-order chi connectivity index (χ1) is 15.8. The Labute approximate surface area is 184 Å². The number of carbonyl (C=O) groups excluding carboxylic acids is 1. The van der Waals surface area contributed by atoms with Gasteiger partial charge in [-0.1, -0.05) is 0 Å². The van der Waals surface area contributed by atoms with Gasteiger partial charge in [-0.3, -0.25) is 14.2 Å². The number of amides is 1. The highest BCUT2D eigenvalue weighted by Crippen LogP contribution is 2.43. The Morgan fingerprint density at radius 1 is 1.18 bits per heavy atom. The summed E-state index contributed by atoms with van der Waals surface area (Å²) in [5, 5.41) is 0. The van der Waals surface area contributed by atoms with E-state index in [2.05, 4.69) is 15.0 Å². The SMILES string of the molecule is Nc1nc2ccc(C(=O)N(C3CC3)[C@@H]3COc4cc(C(F)(F)F)ncc43)cc2n2cncc12. The van der Waals surface area contributed by atoms with E-state index >= 15 is 0 Å². The second kappa shape index (κ2) is 6.80. The van der Waals surface area contributed by atoms with Crippen LogP contribution >= 0.6 is 0 Å². The first kappa shape index (κ1) is 19.8. The number of fused-ring (bicyclic) bond motifs is 4. The maximum Gasteiger partial charge on any atom is 0.433 e. The van der Waals surface area contributed by atoms with Crippen molar-refractivity contribution in [3.63, 3.8) is 0 Å². The number of benzene rings is 1. The average Bonchev–Trinajstić information content (AvgIpc) is 3.32. The van der Waals surface area contributed by atoms with Gasteiger partial charge >= 0.3 is 6.18 Å². The summed E-state index contributed by atoms with van der Waals surface area (Å²) in [6, 6.07) is 5.51. The Kier molecular flexibility index (Phi) is 4.08. The Hall–Kier alpha value is -3.89. The monoisotopic (exact) mass is 454 g/mol. The summed E-state index contributed by atoms with van der Waals surface area (Å²) in [6.45, 7) is 0.0813. The smallest absolute Gasteiger partial charge is 0.433 e. The number of halogens is 3. The maximum atomic E-state index is 13.6. The van der Waals surface area contributed by atoms with E-state index in [0.29, 0.717) is 33.5 Å². The van der Waals surface area contributed by atoms with Crippen molar-refractivity contribution in [2.24, 2.45) is 0 Å². The second-order valence-corrected chi connectivity index (χ2v) is 8.22. The van der Waals surface area contributed by atoms with Crippen LogP contribution in [-0.4, -0.2) is 42.8 Å². The second-order valence-electron chi connectivity index (χ2n) is 8.22. The van der Waals surface area contributed by atoms with E-state index in [9.17, 15) is 18.0 Å². The number of hydrogen-bond acceptors (Lipinski definition) is 6. The van der Waals surface area contributed by atoms with Crippen molar-refractivity contribution in [3.05, 3.63) is 59.8 Å². The third kappa shape index (κ3) is 3.14. The van der Waals surface area contributed by atoms with Crippen LogP contribution in [0.1, 0.15) is 40.5 Å². The number of alkyl halides is 3. The fourth-order valence-electron chi connectivity index (χ4n) is 4.34. The van der Waals surface area contributed by atoms with Gasteiger partial charge in [0.05, 0.1) is 29.6 Å². The van der Waals surface area contributed by atoms with E-state index in [0.717, 1.165) is 18.9 Å². The van der Waals surface area contributed by atoms with Gasteiger partial charge in [0.25, 0.3) is 5.91 Å². The molecule has 0 bridgehead atoms. The maximum absolute atomic E-state index is 13.6. The number of imidazole rings is 1. The van der Waals surface area contributed by atoms with Crippen molar-refractivity contribution in [3.8, 4) is 5.75 Å². The summed E-state index contributed by atoms with van der Waals surface area (Å²) in [4.78, 5) is 27.4. The molecule has 1 atom stereocenters. The van der Waals surface area contributed by atoms with Crippen LogP contribution in [0.3, 0.4) is 0 Å². The third-order valence-electron chi connectivity index (χ3n) is 6.08. The minimum Gasteiger partial charge on any atom is -0.491 e. The van der Waals surface area contributed by atoms with E-state index in [1.165, 1.54) is 6.20 Å². The third-order valence-corrected chi connectivity index (χ3v) is 6.08. The molecule has 3 aromatic heterocycles. The Balaban J connectivity index is 1.39. The van der Waals surface area contributed by atoms with Crippen LogP contribution < -0.4 is 10.5 Å². The van der Waals surface area contributed by atoms with Gasteiger partial charge in [0, 0.05) is 29.4 Å². The number of anilines is 1. The number of hydrogen-bond donors (Lipinski definition) is 1. The Morgan fingerprint density at radius 2 is 2.00 bits per heavy atom. The van der Waals surface area contributed by atoms with Crippen LogP contribution in [-0.2, 0) is 6.18 Å². The minimum absolute atomic E-state index is 0.00662. The zero-order chi connectivity index (χ0) is 22.9. The number of pyridine rings is 1. The summed E-state index contributed by atoms with van der Waals surface area (Å²) >= 11 is 0. The molecule has 1 saturated carbocycles. The van der Waals surface area contributed by atoms with Gasteiger partial charge in [0.2, 0.25) is 0 Å². The van der Waals surface area contributed by atoms with Gasteiger partial charge in [-0.15, -0.1) is 0 Å². The highest BCUT2D eigenvalue weighted by molar-refractivity contribution is 5.98. The van der Waals surface area contributed by atoms with Crippen molar-refractivity contribution < 1.29 is 22.7 Å². The molecule has 1 aliphatic heterocycles. The van der Waals surface area contributed by atoms with Crippen LogP contribution in [0.15, 0.2) is 43.0 Å². The van der Waals surface area contributed by atoms with Crippen molar-refractivity contribution in [2.45, 2.75) is 31.1 Å². The molecule has 2 N–H and O–H groups in total. The molecular formula is C22H17F3N6O2. The van der Waals surface area contributed by atoms with Crippen LogP contribution in [0, 0.1) is 0 Å². The molecular weight excluding hydrogens is 437 g/mol. The lowest BCUT2D eigenvalue weighted by Gasteiger charge is -2.28.